The van der Waals surface area contributed by atoms with Gasteiger partial charge in [0, 0.05) is 16.5 Å². The predicted molar refractivity (Wildman–Crippen MR) is 62.3 cm³/mol. The van der Waals surface area contributed by atoms with Gasteiger partial charge in [-0.25, -0.2) is 0 Å². The molecule has 3 N–H and O–H groups in total. The molecule has 1 aromatic carbocycles. The van der Waals surface area contributed by atoms with Gasteiger partial charge >= 0.3 is 0 Å². The van der Waals surface area contributed by atoms with Crippen LogP contribution < -0.4 is 5.73 Å². The third kappa shape index (κ3) is 1.44. The summed E-state index contributed by atoms with van der Waals surface area (Å²) in [6.07, 6.45) is 1.11. The second-order valence-electron chi connectivity index (χ2n) is 4.49. The van der Waals surface area contributed by atoms with Crippen LogP contribution in [0.2, 0.25) is 5.02 Å². The van der Waals surface area contributed by atoms with Crippen LogP contribution in [0.5, 0.6) is 0 Å². The molecule has 1 fully saturated rings. The van der Waals surface area contributed by atoms with Gasteiger partial charge in [-0.3, -0.25) is 0 Å². The van der Waals surface area contributed by atoms with Crippen molar-refractivity contribution in [2.75, 3.05) is 0 Å². The zero-order chi connectivity index (χ0) is 11.3. The highest BCUT2D eigenvalue weighted by molar-refractivity contribution is 6.31. The first-order valence-corrected chi connectivity index (χ1v) is 5.62. The van der Waals surface area contributed by atoms with Crippen LogP contribution in [-0.2, 0) is 5.60 Å². The minimum Gasteiger partial charge on any atom is -0.458 e. The maximum Gasteiger partial charge on any atom is 0.137 e. The van der Waals surface area contributed by atoms with Crippen molar-refractivity contribution in [2.24, 2.45) is 5.73 Å². The summed E-state index contributed by atoms with van der Waals surface area (Å²) >= 11 is 5.89. The Labute approximate surface area is 97.8 Å². The second-order valence-corrected chi connectivity index (χ2v) is 4.93. The zero-order valence-corrected chi connectivity index (χ0v) is 9.37. The molecule has 0 aliphatic heterocycles. The molecule has 0 amide bonds. The van der Waals surface area contributed by atoms with Gasteiger partial charge in [0.05, 0.1) is 0 Å². The molecule has 1 heterocycles. The molecule has 0 atom stereocenters. The van der Waals surface area contributed by atoms with Gasteiger partial charge in [-0.15, -0.1) is 0 Å². The van der Waals surface area contributed by atoms with Crippen molar-refractivity contribution in [3.8, 4) is 0 Å². The highest BCUT2D eigenvalue weighted by Crippen LogP contribution is 2.42. The fourth-order valence-corrected chi connectivity index (χ4v) is 2.43. The maximum absolute atomic E-state index is 10.2. The molecule has 0 spiro atoms. The van der Waals surface area contributed by atoms with Crippen molar-refractivity contribution in [3.63, 3.8) is 0 Å². The van der Waals surface area contributed by atoms with Crippen LogP contribution in [-0.4, -0.2) is 11.1 Å². The van der Waals surface area contributed by atoms with E-state index >= 15 is 0 Å². The van der Waals surface area contributed by atoms with E-state index in [0.717, 1.165) is 11.0 Å². The molecule has 3 rings (SSSR count). The summed E-state index contributed by atoms with van der Waals surface area (Å²) in [7, 11) is 0. The van der Waals surface area contributed by atoms with Crippen LogP contribution in [0.3, 0.4) is 0 Å². The van der Waals surface area contributed by atoms with E-state index in [-0.39, 0.29) is 6.04 Å². The number of benzene rings is 1. The number of hydrogen-bond donors (Lipinski definition) is 2. The fraction of sp³-hybridized carbons (Fsp3) is 0.333. The summed E-state index contributed by atoms with van der Waals surface area (Å²) in [5.74, 6) is 0.589. The van der Waals surface area contributed by atoms with E-state index < -0.39 is 5.60 Å². The van der Waals surface area contributed by atoms with Crippen LogP contribution in [0.25, 0.3) is 11.0 Å². The Bertz CT molecular complexity index is 543. The largest absolute Gasteiger partial charge is 0.458 e. The summed E-state index contributed by atoms with van der Waals surface area (Å²) in [4.78, 5) is 0. The second kappa shape index (κ2) is 3.23. The lowest BCUT2D eigenvalue weighted by Gasteiger charge is -2.39. The molecule has 0 unspecified atom stereocenters. The number of nitrogens with two attached hydrogens (primary N) is 1. The van der Waals surface area contributed by atoms with E-state index in [1.165, 1.54) is 0 Å². The summed E-state index contributed by atoms with van der Waals surface area (Å²) in [5.41, 5.74) is 5.55. The van der Waals surface area contributed by atoms with Gasteiger partial charge in [-0.2, -0.15) is 0 Å². The van der Waals surface area contributed by atoms with Crippen LogP contribution in [0.4, 0.5) is 0 Å². The van der Waals surface area contributed by atoms with Gasteiger partial charge in [0.15, 0.2) is 0 Å². The Morgan fingerprint density at radius 2 is 2.12 bits per heavy atom. The van der Waals surface area contributed by atoms with E-state index in [1.807, 2.05) is 18.2 Å². The number of fused-ring (bicyclic) bond motifs is 1. The van der Waals surface area contributed by atoms with E-state index in [4.69, 9.17) is 21.8 Å². The molecule has 0 bridgehead atoms. The smallest absolute Gasteiger partial charge is 0.137 e. The van der Waals surface area contributed by atoms with Gasteiger partial charge < -0.3 is 15.3 Å². The van der Waals surface area contributed by atoms with Crippen molar-refractivity contribution in [3.05, 3.63) is 35.0 Å². The molecule has 1 aromatic heterocycles. The molecule has 4 heteroatoms. The van der Waals surface area contributed by atoms with E-state index in [2.05, 4.69) is 0 Å². The number of aliphatic hydroxyl groups is 1. The molecule has 2 aromatic rings. The standard InChI is InChI=1S/C12H12ClNO2/c13-8-1-2-10-7(3-8)4-11(16-10)12(15)5-9(14)6-12/h1-4,9,15H,5-6,14H2. The molecule has 3 nitrogen and oxygen atoms in total. The van der Waals surface area contributed by atoms with Crippen molar-refractivity contribution in [2.45, 2.75) is 24.5 Å². The first kappa shape index (κ1) is 10.1. The minimum atomic E-state index is -0.884. The lowest BCUT2D eigenvalue weighted by Crippen LogP contribution is -2.48. The van der Waals surface area contributed by atoms with Gasteiger partial charge in [-0.1, -0.05) is 11.6 Å². The summed E-state index contributed by atoms with van der Waals surface area (Å²) in [6.45, 7) is 0. The van der Waals surface area contributed by atoms with Crippen molar-refractivity contribution < 1.29 is 9.52 Å². The van der Waals surface area contributed by atoms with E-state index in [1.54, 1.807) is 6.07 Å². The molecule has 16 heavy (non-hydrogen) atoms. The van der Waals surface area contributed by atoms with Crippen LogP contribution >= 0.6 is 11.6 Å². The highest BCUT2D eigenvalue weighted by atomic mass is 35.5. The Morgan fingerprint density at radius 3 is 2.81 bits per heavy atom. The Balaban J connectivity index is 2.06. The van der Waals surface area contributed by atoms with Crippen molar-refractivity contribution in [1.82, 2.24) is 0 Å². The van der Waals surface area contributed by atoms with Crippen LogP contribution in [0.15, 0.2) is 28.7 Å². The molecule has 84 valence electrons. The van der Waals surface area contributed by atoms with Crippen LogP contribution in [0, 0.1) is 0 Å². The average Bonchev–Trinajstić information content (AvgIpc) is 2.58. The first-order valence-electron chi connectivity index (χ1n) is 5.24. The lowest BCUT2D eigenvalue weighted by atomic mass is 9.74. The topological polar surface area (TPSA) is 59.4 Å². The fourth-order valence-electron chi connectivity index (χ4n) is 2.25. The molecule has 1 saturated carbocycles. The minimum absolute atomic E-state index is 0.0711. The molecule has 1 aliphatic carbocycles. The van der Waals surface area contributed by atoms with Crippen molar-refractivity contribution in [1.29, 1.82) is 0 Å². The van der Waals surface area contributed by atoms with Crippen molar-refractivity contribution >= 4 is 22.6 Å². The van der Waals surface area contributed by atoms with Gasteiger partial charge in [0.1, 0.15) is 16.9 Å². The Kier molecular flexibility index (Phi) is 2.05. The molecule has 0 saturated heterocycles. The monoisotopic (exact) mass is 237 g/mol. The molecular formula is C12H12ClNO2. The third-order valence-corrected chi connectivity index (χ3v) is 3.37. The van der Waals surface area contributed by atoms with Gasteiger partial charge in [-0.05, 0) is 37.1 Å². The Hall–Kier alpha value is -1.03. The molecular weight excluding hydrogens is 226 g/mol. The van der Waals surface area contributed by atoms with Gasteiger partial charge in [0.2, 0.25) is 0 Å². The summed E-state index contributed by atoms with van der Waals surface area (Å²) < 4.78 is 5.61. The van der Waals surface area contributed by atoms with E-state index in [9.17, 15) is 5.11 Å². The Morgan fingerprint density at radius 1 is 1.38 bits per heavy atom. The maximum atomic E-state index is 10.2. The number of hydrogen-bond acceptors (Lipinski definition) is 3. The molecule has 0 radical (unpaired) electrons. The first-order chi connectivity index (χ1) is 7.57. The quantitative estimate of drug-likeness (QED) is 0.801. The summed E-state index contributed by atoms with van der Waals surface area (Å²) in [5, 5.41) is 11.8. The summed E-state index contributed by atoms with van der Waals surface area (Å²) in [6, 6.07) is 7.32. The van der Waals surface area contributed by atoms with Crippen LogP contribution in [0.1, 0.15) is 18.6 Å². The zero-order valence-electron chi connectivity index (χ0n) is 8.61. The van der Waals surface area contributed by atoms with E-state index in [0.29, 0.717) is 23.6 Å². The number of furan rings is 1. The third-order valence-electron chi connectivity index (χ3n) is 3.14. The molecule has 1 aliphatic rings. The van der Waals surface area contributed by atoms with Gasteiger partial charge in [0.25, 0.3) is 0 Å². The number of halogens is 1. The normalized spacial score (nSPS) is 29.3. The average molecular weight is 238 g/mol. The highest BCUT2D eigenvalue weighted by Gasteiger charge is 2.44. The lowest BCUT2D eigenvalue weighted by molar-refractivity contribution is -0.0681. The SMILES string of the molecule is NC1CC(O)(c2cc3cc(Cl)ccc3o2)C1. The number of rotatable bonds is 1. The predicted octanol–water partition coefficient (Wildman–Crippen LogP) is 2.39.